The molecule has 130 valence electrons. The Morgan fingerprint density at radius 1 is 1.04 bits per heavy atom. The number of halogens is 1. The zero-order chi connectivity index (χ0) is 18.1. The van der Waals surface area contributed by atoms with Crippen LogP contribution >= 0.6 is 11.6 Å². The van der Waals surface area contributed by atoms with Crippen molar-refractivity contribution in [2.24, 2.45) is 0 Å². The fraction of sp³-hybridized carbons (Fsp3) is 0.143. The lowest BCUT2D eigenvalue weighted by Crippen LogP contribution is -2.04. The average molecular weight is 363 g/mol. The predicted molar refractivity (Wildman–Crippen MR) is 107 cm³/mol. The van der Waals surface area contributed by atoms with Crippen LogP contribution < -0.4 is 5.32 Å². The van der Waals surface area contributed by atoms with Crippen LogP contribution in [0.3, 0.4) is 0 Å². The van der Waals surface area contributed by atoms with Crippen LogP contribution in [0, 0.1) is 13.8 Å². The Balaban J connectivity index is 1.75. The number of fused-ring (bicyclic) bond motifs is 1. The van der Waals surface area contributed by atoms with Gasteiger partial charge in [-0.1, -0.05) is 48.0 Å². The van der Waals surface area contributed by atoms with Crippen molar-refractivity contribution in [1.29, 1.82) is 0 Å². The quantitative estimate of drug-likeness (QED) is 0.521. The maximum absolute atomic E-state index is 6.06. The van der Waals surface area contributed by atoms with E-state index >= 15 is 0 Å². The van der Waals surface area contributed by atoms with Crippen LogP contribution in [-0.4, -0.2) is 14.5 Å². The molecule has 4 rings (SSSR count). The second-order valence-electron chi connectivity index (χ2n) is 6.35. The highest BCUT2D eigenvalue weighted by molar-refractivity contribution is 6.30. The highest BCUT2D eigenvalue weighted by Gasteiger charge is 2.14. The van der Waals surface area contributed by atoms with Gasteiger partial charge in [0, 0.05) is 34.5 Å². The molecule has 0 amide bonds. The van der Waals surface area contributed by atoms with Gasteiger partial charge in [-0.2, -0.15) is 4.98 Å². The van der Waals surface area contributed by atoms with Gasteiger partial charge in [0.1, 0.15) is 5.65 Å². The van der Waals surface area contributed by atoms with Crippen molar-refractivity contribution in [2.75, 3.05) is 5.32 Å². The maximum Gasteiger partial charge on any atom is 0.229 e. The standard InChI is InChI=1S/C21H19ClN4/c1-14-15(2)26(13-16-7-4-3-5-8-16)20-19(14)12-23-21(25-20)24-18-10-6-9-17(22)11-18/h3-12H,13H2,1-2H3,(H,23,24,25). The number of hydrogen-bond acceptors (Lipinski definition) is 3. The summed E-state index contributed by atoms with van der Waals surface area (Å²) < 4.78 is 2.24. The van der Waals surface area contributed by atoms with E-state index in [1.54, 1.807) is 0 Å². The number of hydrogen-bond donors (Lipinski definition) is 1. The molecule has 4 nitrogen and oxygen atoms in total. The van der Waals surface area contributed by atoms with Gasteiger partial charge in [-0.05, 0) is 43.2 Å². The predicted octanol–water partition coefficient (Wildman–Crippen LogP) is 5.49. The van der Waals surface area contributed by atoms with Gasteiger partial charge in [-0.15, -0.1) is 0 Å². The van der Waals surface area contributed by atoms with E-state index in [1.807, 2.05) is 36.5 Å². The first-order valence-electron chi connectivity index (χ1n) is 8.51. The van der Waals surface area contributed by atoms with Gasteiger partial charge in [0.25, 0.3) is 0 Å². The Bertz CT molecular complexity index is 1070. The summed E-state index contributed by atoms with van der Waals surface area (Å²) in [6, 6.07) is 18.0. The van der Waals surface area contributed by atoms with Gasteiger partial charge in [0.2, 0.25) is 5.95 Å². The number of aryl methyl sites for hydroxylation is 1. The molecule has 4 aromatic rings. The Morgan fingerprint density at radius 2 is 1.85 bits per heavy atom. The zero-order valence-corrected chi connectivity index (χ0v) is 15.5. The lowest BCUT2D eigenvalue weighted by molar-refractivity contribution is 0.790. The molecule has 0 unspecified atom stereocenters. The first-order valence-corrected chi connectivity index (χ1v) is 8.88. The fourth-order valence-corrected chi connectivity index (χ4v) is 3.30. The van der Waals surface area contributed by atoms with Gasteiger partial charge in [0.05, 0.1) is 0 Å². The Hall–Kier alpha value is -2.85. The van der Waals surface area contributed by atoms with E-state index in [0.717, 1.165) is 23.3 Å². The summed E-state index contributed by atoms with van der Waals surface area (Å²) in [7, 11) is 0. The molecule has 0 bridgehead atoms. The van der Waals surface area contributed by atoms with Crippen molar-refractivity contribution in [3.8, 4) is 0 Å². The van der Waals surface area contributed by atoms with E-state index in [2.05, 4.69) is 53.0 Å². The van der Waals surface area contributed by atoms with Crippen LogP contribution in [0.25, 0.3) is 11.0 Å². The molecule has 2 heterocycles. The monoisotopic (exact) mass is 362 g/mol. The highest BCUT2D eigenvalue weighted by atomic mass is 35.5. The van der Waals surface area contributed by atoms with E-state index in [4.69, 9.17) is 16.6 Å². The number of nitrogens with zero attached hydrogens (tertiary/aromatic N) is 3. The third-order valence-electron chi connectivity index (χ3n) is 4.64. The molecule has 0 spiro atoms. The summed E-state index contributed by atoms with van der Waals surface area (Å²) in [5.74, 6) is 0.562. The second kappa shape index (κ2) is 6.81. The molecular weight excluding hydrogens is 344 g/mol. The molecule has 1 N–H and O–H groups in total. The summed E-state index contributed by atoms with van der Waals surface area (Å²) in [6.07, 6.45) is 1.89. The minimum Gasteiger partial charge on any atom is -0.325 e. The van der Waals surface area contributed by atoms with Crippen molar-refractivity contribution in [3.05, 3.63) is 82.6 Å². The molecule has 0 aliphatic heterocycles. The summed E-state index contributed by atoms with van der Waals surface area (Å²) in [6.45, 7) is 5.03. The lowest BCUT2D eigenvalue weighted by Gasteiger charge is -2.09. The fourth-order valence-electron chi connectivity index (χ4n) is 3.11. The molecular formula is C21H19ClN4. The maximum atomic E-state index is 6.06. The lowest BCUT2D eigenvalue weighted by atomic mass is 10.2. The first-order chi connectivity index (χ1) is 12.6. The van der Waals surface area contributed by atoms with Gasteiger partial charge in [-0.3, -0.25) is 0 Å². The van der Waals surface area contributed by atoms with Gasteiger partial charge < -0.3 is 9.88 Å². The van der Waals surface area contributed by atoms with Gasteiger partial charge in [0.15, 0.2) is 0 Å². The number of aromatic nitrogens is 3. The highest BCUT2D eigenvalue weighted by Crippen LogP contribution is 2.26. The van der Waals surface area contributed by atoms with Crippen molar-refractivity contribution < 1.29 is 0 Å². The molecule has 0 radical (unpaired) electrons. The van der Waals surface area contributed by atoms with Gasteiger partial charge >= 0.3 is 0 Å². The second-order valence-corrected chi connectivity index (χ2v) is 6.78. The normalized spacial score (nSPS) is 11.0. The minimum absolute atomic E-state index is 0.562. The molecule has 2 aromatic carbocycles. The smallest absolute Gasteiger partial charge is 0.229 e. The Morgan fingerprint density at radius 3 is 2.62 bits per heavy atom. The van der Waals surface area contributed by atoms with Crippen LogP contribution in [0.15, 0.2) is 60.8 Å². The summed E-state index contributed by atoms with van der Waals surface area (Å²) in [5.41, 5.74) is 5.47. The van der Waals surface area contributed by atoms with E-state index in [-0.39, 0.29) is 0 Å². The first kappa shape index (κ1) is 16.6. The number of anilines is 2. The minimum atomic E-state index is 0.562. The summed E-state index contributed by atoms with van der Waals surface area (Å²) in [5, 5.41) is 4.99. The molecule has 5 heteroatoms. The van der Waals surface area contributed by atoms with Gasteiger partial charge in [-0.25, -0.2) is 4.98 Å². The van der Waals surface area contributed by atoms with E-state index in [1.165, 1.54) is 16.8 Å². The van der Waals surface area contributed by atoms with Crippen molar-refractivity contribution >= 4 is 34.3 Å². The van der Waals surface area contributed by atoms with E-state index in [0.29, 0.717) is 11.0 Å². The van der Waals surface area contributed by atoms with Crippen molar-refractivity contribution in [2.45, 2.75) is 20.4 Å². The van der Waals surface area contributed by atoms with Crippen LogP contribution in [0.1, 0.15) is 16.8 Å². The molecule has 26 heavy (non-hydrogen) atoms. The third kappa shape index (κ3) is 3.16. The van der Waals surface area contributed by atoms with E-state index < -0.39 is 0 Å². The molecule has 0 aliphatic carbocycles. The van der Waals surface area contributed by atoms with Crippen LogP contribution in [0.2, 0.25) is 5.02 Å². The SMILES string of the molecule is Cc1c(C)n(Cc2ccccc2)c2nc(Nc3cccc(Cl)c3)ncc12. The summed E-state index contributed by atoms with van der Waals surface area (Å²) >= 11 is 6.06. The molecule has 0 saturated carbocycles. The molecule has 0 saturated heterocycles. The molecule has 0 fully saturated rings. The zero-order valence-electron chi connectivity index (χ0n) is 14.7. The molecule has 0 atom stereocenters. The largest absolute Gasteiger partial charge is 0.325 e. The average Bonchev–Trinajstić information content (AvgIpc) is 2.87. The topological polar surface area (TPSA) is 42.7 Å². The number of nitrogens with one attached hydrogen (secondary N) is 1. The Kier molecular flexibility index (Phi) is 4.35. The Labute approximate surface area is 157 Å². The van der Waals surface area contributed by atoms with Crippen LogP contribution in [0.5, 0.6) is 0 Å². The molecule has 0 aliphatic rings. The summed E-state index contributed by atoms with van der Waals surface area (Å²) in [4.78, 5) is 9.25. The third-order valence-corrected chi connectivity index (χ3v) is 4.88. The van der Waals surface area contributed by atoms with Crippen LogP contribution in [0.4, 0.5) is 11.6 Å². The van der Waals surface area contributed by atoms with E-state index in [9.17, 15) is 0 Å². The number of benzene rings is 2. The number of rotatable bonds is 4. The van der Waals surface area contributed by atoms with Crippen molar-refractivity contribution in [1.82, 2.24) is 14.5 Å². The molecule has 2 aromatic heterocycles. The van der Waals surface area contributed by atoms with Crippen LogP contribution in [-0.2, 0) is 6.54 Å². The van der Waals surface area contributed by atoms with Crippen molar-refractivity contribution in [3.63, 3.8) is 0 Å².